The predicted octanol–water partition coefficient (Wildman–Crippen LogP) is 1.32. The maximum atomic E-state index is 12.0. The number of hydrogen-bond donors (Lipinski definition) is 2. The first-order valence-electron chi connectivity index (χ1n) is 5.41. The summed E-state index contributed by atoms with van der Waals surface area (Å²) in [6.45, 7) is 0.741. The van der Waals surface area contributed by atoms with Gasteiger partial charge in [-0.05, 0) is 31.2 Å². The Labute approximate surface area is 110 Å². The molecule has 5 nitrogen and oxygen atoms in total. The highest BCUT2D eigenvalue weighted by Crippen LogP contribution is 2.21. The van der Waals surface area contributed by atoms with Gasteiger partial charge in [-0.15, -0.1) is 11.3 Å². The zero-order valence-electron chi connectivity index (χ0n) is 9.63. The Hall–Kier alpha value is -1.15. The van der Waals surface area contributed by atoms with Crippen LogP contribution < -0.4 is 10.5 Å². The van der Waals surface area contributed by atoms with Crippen molar-refractivity contribution in [3.8, 4) is 0 Å². The number of nitrogens with one attached hydrogen (secondary N) is 1. The van der Waals surface area contributed by atoms with Crippen molar-refractivity contribution in [2.24, 2.45) is 5.73 Å². The van der Waals surface area contributed by atoms with Gasteiger partial charge in [0, 0.05) is 17.0 Å². The molecule has 0 spiro atoms. The van der Waals surface area contributed by atoms with Crippen LogP contribution in [0.15, 0.2) is 39.4 Å². The fourth-order valence-electron chi connectivity index (χ4n) is 1.42. The Balaban J connectivity index is 2.05. The Morgan fingerprint density at radius 2 is 2.17 bits per heavy atom. The molecule has 0 aromatic carbocycles. The van der Waals surface area contributed by atoms with E-state index in [9.17, 15) is 8.42 Å². The lowest BCUT2D eigenvalue weighted by molar-refractivity contribution is 0.561. The lowest BCUT2D eigenvalue weighted by atomic mass is 10.3. The summed E-state index contributed by atoms with van der Waals surface area (Å²) in [5, 5.41) is 0. The van der Waals surface area contributed by atoms with E-state index >= 15 is 0 Å². The molecule has 2 rings (SSSR count). The third-order valence-corrected chi connectivity index (χ3v) is 5.38. The van der Waals surface area contributed by atoms with Crippen LogP contribution in [0.4, 0.5) is 0 Å². The van der Waals surface area contributed by atoms with Gasteiger partial charge in [-0.25, -0.2) is 13.1 Å². The van der Waals surface area contributed by atoms with Gasteiger partial charge in [0.05, 0.1) is 12.5 Å². The van der Waals surface area contributed by atoms with Gasteiger partial charge < -0.3 is 10.2 Å². The van der Waals surface area contributed by atoms with E-state index in [2.05, 4.69) is 4.72 Å². The minimum atomic E-state index is -3.45. The van der Waals surface area contributed by atoms with Gasteiger partial charge in [0.2, 0.25) is 10.0 Å². The van der Waals surface area contributed by atoms with Crippen molar-refractivity contribution < 1.29 is 12.8 Å². The highest BCUT2D eigenvalue weighted by atomic mass is 32.2. The number of nitrogens with two attached hydrogens (primary N) is 1. The highest BCUT2D eigenvalue weighted by Gasteiger charge is 2.16. The molecule has 18 heavy (non-hydrogen) atoms. The van der Waals surface area contributed by atoms with E-state index in [1.54, 1.807) is 18.2 Å². The third kappa shape index (κ3) is 3.20. The van der Waals surface area contributed by atoms with E-state index in [0.29, 0.717) is 17.2 Å². The molecule has 0 saturated heterocycles. The van der Waals surface area contributed by atoms with E-state index in [4.69, 9.17) is 10.2 Å². The van der Waals surface area contributed by atoms with Gasteiger partial charge in [-0.2, -0.15) is 0 Å². The Morgan fingerprint density at radius 1 is 1.33 bits per heavy atom. The van der Waals surface area contributed by atoms with Crippen LogP contribution in [0.5, 0.6) is 0 Å². The van der Waals surface area contributed by atoms with Gasteiger partial charge >= 0.3 is 0 Å². The van der Waals surface area contributed by atoms with Crippen molar-refractivity contribution in [1.82, 2.24) is 4.72 Å². The van der Waals surface area contributed by atoms with Gasteiger partial charge in [-0.3, -0.25) is 0 Å². The van der Waals surface area contributed by atoms with Crippen LogP contribution in [0.2, 0.25) is 0 Å². The topological polar surface area (TPSA) is 85.3 Å². The molecule has 0 bridgehead atoms. The molecule has 2 aromatic rings. The lowest BCUT2D eigenvalue weighted by Gasteiger charge is -2.02. The molecular weight excluding hydrogens is 272 g/mol. The van der Waals surface area contributed by atoms with Gasteiger partial charge in [0.25, 0.3) is 0 Å². The van der Waals surface area contributed by atoms with Crippen molar-refractivity contribution in [2.75, 3.05) is 6.54 Å². The molecule has 0 unspecified atom stereocenters. The van der Waals surface area contributed by atoms with E-state index in [0.717, 1.165) is 10.4 Å². The molecule has 98 valence electrons. The monoisotopic (exact) mass is 286 g/mol. The van der Waals surface area contributed by atoms with Crippen LogP contribution in [0, 0.1) is 0 Å². The number of thiophene rings is 1. The van der Waals surface area contributed by atoms with Crippen LogP contribution in [-0.4, -0.2) is 15.0 Å². The van der Waals surface area contributed by atoms with Crippen molar-refractivity contribution in [3.63, 3.8) is 0 Å². The summed E-state index contributed by atoms with van der Waals surface area (Å²) in [7, 11) is -3.45. The maximum absolute atomic E-state index is 12.0. The maximum Gasteiger partial charge on any atom is 0.250 e. The Morgan fingerprint density at radius 3 is 2.83 bits per heavy atom. The van der Waals surface area contributed by atoms with Crippen LogP contribution in [0.1, 0.15) is 10.4 Å². The van der Waals surface area contributed by atoms with Gasteiger partial charge in [-0.1, -0.05) is 0 Å². The second-order valence-electron chi connectivity index (χ2n) is 3.72. The molecule has 0 saturated carbocycles. The van der Waals surface area contributed by atoms with E-state index < -0.39 is 10.0 Å². The molecular formula is C11H14N2O3S2. The summed E-state index contributed by atoms with van der Waals surface area (Å²) in [4.78, 5) is 0.973. The van der Waals surface area contributed by atoms with E-state index in [-0.39, 0.29) is 6.54 Å². The lowest BCUT2D eigenvalue weighted by Crippen LogP contribution is -2.22. The van der Waals surface area contributed by atoms with E-state index in [1.807, 2.05) is 0 Å². The second kappa shape index (κ2) is 5.66. The molecule has 3 N–H and O–H groups in total. The Kier molecular flexibility index (Phi) is 4.18. The molecule has 2 aromatic heterocycles. The first-order valence-corrected chi connectivity index (χ1v) is 7.71. The molecule has 0 aliphatic heterocycles. The van der Waals surface area contributed by atoms with Gasteiger partial charge in [0.1, 0.15) is 4.21 Å². The number of furan rings is 1. The summed E-state index contributed by atoms with van der Waals surface area (Å²) >= 11 is 1.25. The fourth-order valence-corrected chi connectivity index (χ4v) is 3.86. The molecule has 0 atom stereocenters. The predicted molar refractivity (Wildman–Crippen MR) is 69.8 cm³/mol. The van der Waals surface area contributed by atoms with Crippen molar-refractivity contribution in [2.45, 2.75) is 17.2 Å². The standard InChI is InChI=1S/C11H14N2O3S2/c12-5-3-10-1-2-11(17-10)18(14,15)13-7-9-4-6-16-8-9/h1-2,4,6,8,13H,3,5,7,12H2. The molecule has 0 aliphatic rings. The molecule has 0 amide bonds. The second-order valence-corrected chi connectivity index (χ2v) is 6.88. The molecule has 2 heterocycles. The molecule has 0 fully saturated rings. The number of hydrogen-bond acceptors (Lipinski definition) is 5. The van der Waals surface area contributed by atoms with Crippen LogP contribution in [0.3, 0.4) is 0 Å². The zero-order valence-corrected chi connectivity index (χ0v) is 11.3. The quantitative estimate of drug-likeness (QED) is 0.838. The Bertz CT molecular complexity index is 588. The van der Waals surface area contributed by atoms with Crippen molar-refractivity contribution >= 4 is 21.4 Å². The molecule has 7 heteroatoms. The summed E-state index contributed by atoms with van der Waals surface area (Å²) in [6.07, 6.45) is 3.72. The normalized spacial score (nSPS) is 11.8. The van der Waals surface area contributed by atoms with Gasteiger partial charge in [0.15, 0.2) is 0 Å². The van der Waals surface area contributed by atoms with Crippen LogP contribution in [-0.2, 0) is 23.0 Å². The van der Waals surface area contributed by atoms with Crippen molar-refractivity contribution in [1.29, 1.82) is 0 Å². The average molecular weight is 286 g/mol. The van der Waals surface area contributed by atoms with Crippen molar-refractivity contribution in [3.05, 3.63) is 41.2 Å². The summed E-state index contributed by atoms with van der Waals surface area (Å²) in [5.74, 6) is 0. The number of sulfonamides is 1. The fraction of sp³-hybridized carbons (Fsp3) is 0.273. The third-order valence-electron chi connectivity index (χ3n) is 2.34. The first-order chi connectivity index (χ1) is 8.62. The SMILES string of the molecule is NCCc1ccc(S(=O)(=O)NCc2ccoc2)s1. The summed E-state index contributed by atoms with van der Waals surface area (Å²) in [5.41, 5.74) is 6.22. The molecule has 0 aliphatic carbocycles. The number of rotatable bonds is 6. The minimum Gasteiger partial charge on any atom is -0.472 e. The average Bonchev–Trinajstić information content (AvgIpc) is 2.98. The van der Waals surface area contributed by atoms with Crippen LogP contribution >= 0.6 is 11.3 Å². The molecule has 0 radical (unpaired) electrons. The van der Waals surface area contributed by atoms with Crippen LogP contribution in [0.25, 0.3) is 0 Å². The minimum absolute atomic E-state index is 0.225. The summed E-state index contributed by atoms with van der Waals surface area (Å²) in [6, 6.07) is 5.12. The first kappa shape index (κ1) is 13.3. The zero-order chi connectivity index (χ0) is 13.0. The highest BCUT2D eigenvalue weighted by molar-refractivity contribution is 7.91. The smallest absolute Gasteiger partial charge is 0.250 e. The largest absolute Gasteiger partial charge is 0.472 e. The summed E-state index contributed by atoms with van der Waals surface area (Å²) < 4.78 is 31.7. The van der Waals surface area contributed by atoms with E-state index in [1.165, 1.54) is 23.9 Å².